The monoisotopic (exact) mass is 394 g/mol. The van der Waals surface area contributed by atoms with Crippen LogP contribution in [0.5, 0.6) is 0 Å². The topological polar surface area (TPSA) is 72.4 Å². The van der Waals surface area contributed by atoms with Crippen molar-refractivity contribution in [3.63, 3.8) is 0 Å². The van der Waals surface area contributed by atoms with Crippen molar-refractivity contribution in [2.45, 2.75) is 65.7 Å². The molecule has 0 aromatic carbocycles. The average Bonchev–Trinajstić information content (AvgIpc) is 3.16. The molecule has 29 heavy (non-hydrogen) atoms. The van der Waals surface area contributed by atoms with Gasteiger partial charge in [-0.15, -0.1) is 0 Å². The number of aromatic nitrogens is 2. The Balaban J connectivity index is 1.24. The number of carbonyl (C=O) groups is 1. The number of nitrogens with one attached hydrogen (secondary N) is 1. The van der Waals surface area contributed by atoms with Gasteiger partial charge in [0.05, 0.1) is 6.21 Å². The van der Waals surface area contributed by atoms with E-state index in [9.17, 15) is 4.79 Å². The Hall–Kier alpha value is -2.37. The summed E-state index contributed by atoms with van der Waals surface area (Å²) in [4.78, 5) is 12.6. The molecular formula is C23H30N4O2. The highest BCUT2D eigenvalue weighted by molar-refractivity contribution is 5.84. The van der Waals surface area contributed by atoms with E-state index < -0.39 is 0 Å². The Morgan fingerprint density at radius 1 is 1.21 bits per heavy atom. The molecule has 4 saturated carbocycles. The zero-order chi connectivity index (χ0) is 20.2. The second-order valence-electron chi connectivity index (χ2n) is 9.85. The third-order valence-electron chi connectivity index (χ3n) is 7.41. The van der Waals surface area contributed by atoms with Gasteiger partial charge in [-0.05, 0) is 88.5 Å². The zero-order valence-corrected chi connectivity index (χ0v) is 17.6. The van der Waals surface area contributed by atoms with E-state index in [0.29, 0.717) is 6.42 Å². The van der Waals surface area contributed by atoms with Gasteiger partial charge in [-0.2, -0.15) is 5.10 Å². The van der Waals surface area contributed by atoms with Gasteiger partial charge in [0.1, 0.15) is 5.76 Å². The number of nitrogens with zero attached hydrogens (tertiary/aromatic N) is 3. The quantitative estimate of drug-likeness (QED) is 0.602. The molecule has 2 heterocycles. The average molecular weight is 395 g/mol. The van der Waals surface area contributed by atoms with Gasteiger partial charge in [0, 0.05) is 29.4 Å². The highest BCUT2D eigenvalue weighted by Crippen LogP contribution is 2.61. The Morgan fingerprint density at radius 3 is 2.45 bits per heavy atom. The van der Waals surface area contributed by atoms with Crippen molar-refractivity contribution in [1.82, 2.24) is 15.1 Å². The summed E-state index contributed by atoms with van der Waals surface area (Å²) in [6, 6.07) is 3.96. The van der Waals surface area contributed by atoms with Gasteiger partial charge >= 0.3 is 0 Å². The van der Waals surface area contributed by atoms with Crippen LogP contribution in [0.15, 0.2) is 21.8 Å². The number of aryl methyl sites for hydroxylation is 2. The fraction of sp³-hybridized carbons (Fsp3) is 0.609. The maximum atomic E-state index is 12.6. The summed E-state index contributed by atoms with van der Waals surface area (Å²) >= 11 is 0. The van der Waals surface area contributed by atoms with E-state index in [1.54, 1.807) is 6.21 Å². The third-order valence-corrected chi connectivity index (χ3v) is 7.41. The fourth-order valence-corrected chi connectivity index (χ4v) is 6.79. The lowest BCUT2D eigenvalue weighted by molar-refractivity contribution is -0.129. The van der Waals surface area contributed by atoms with Crippen molar-refractivity contribution in [1.29, 1.82) is 0 Å². The van der Waals surface area contributed by atoms with Gasteiger partial charge in [-0.25, -0.2) is 5.43 Å². The van der Waals surface area contributed by atoms with E-state index in [1.807, 2.05) is 37.5 Å². The van der Waals surface area contributed by atoms with Crippen LogP contribution in [0, 0.1) is 43.9 Å². The van der Waals surface area contributed by atoms with Crippen molar-refractivity contribution in [3.8, 4) is 5.82 Å². The lowest BCUT2D eigenvalue weighted by Crippen LogP contribution is -2.47. The second kappa shape index (κ2) is 6.85. The van der Waals surface area contributed by atoms with Crippen molar-refractivity contribution >= 4 is 12.1 Å². The molecule has 4 aliphatic carbocycles. The van der Waals surface area contributed by atoms with Gasteiger partial charge < -0.3 is 4.52 Å². The number of hydrogen-bond donors (Lipinski definition) is 1. The lowest BCUT2D eigenvalue weighted by atomic mass is 9.49. The minimum absolute atomic E-state index is 0.0594. The maximum absolute atomic E-state index is 12.6. The summed E-state index contributed by atoms with van der Waals surface area (Å²) in [7, 11) is 0. The third kappa shape index (κ3) is 3.43. The molecule has 4 aliphatic rings. The van der Waals surface area contributed by atoms with E-state index in [1.165, 1.54) is 38.5 Å². The summed E-state index contributed by atoms with van der Waals surface area (Å²) < 4.78 is 7.24. The van der Waals surface area contributed by atoms with Crippen LogP contribution in [0.3, 0.4) is 0 Å². The van der Waals surface area contributed by atoms with Crippen LogP contribution in [-0.2, 0) is 4.79 Å². The van der Waals surface area contributed by atoms with Crippen LogP contribution in [0.1, 0.15) is 67.7 Å². The van der Waals surface area contributed by atoms with E-state index in [2.05, 4.69) is 15.7 Å². The maximum Gasteiger partial charge on any atom is 0.240 e. The molecule has 6 nitrogen and oxygen atoms in total. The molecule has 154 valence electrons. The molecule has 0 spiro atoms. The molecule has 6 rings (SSSR count). The Labute approximate surface area is 171 Å². The van der Waals surface area contributed by atoms with E-state index in [0.717, 1.165) is 46.3 Å². The number of amides is 1. The Kier molecular flexibility index (Phi) is 4.41. The second-order valence-corrected chi connectivity index (χ2v) is 9.85. The number of hydrazone groups is 1. The smallest absolute Gasteiger partial charge is 0.240 e. The molecule has 2 aromatic rings. The Bertz CT molecular complexity index is 932. The summed E-state index contributed by atoms with van der Waals surface area (Å²) in [5.74, 6) is 4.20. The largest absolute Gasteiger partial charge is 0.360 e. The van der Waals surface area contributed by atoms with Crippen LogP contribution >= 0.6 is 0 Å². The standard InChI is InChI=1S/C23H30N4O2/c1-14-4-20(16(3)27(14)21-5-15(2)29-26-21)13-24-25-22(28)12-23-9-17-6-18(10-23)8-19(7-17)11-23/h4-5,13,17-19H,6-12H2,1-3H3,(H,25,28)/b24-13-. The number of rotatable bonds is 5. The van der Waals surface area contributed by atoms with Crippen LogP contribution in [0.2, 0.25) is 0 Å². The first kappa shape index (κ1) is 18.6. The van der Waals surface area contributed by atoms with Gasteiger partial charge in [-0.1, -0.05) is 5.16 Å². The molecule has 0 atom stereocenters. The normalized spacial score (nSPS) is 30.4. The van der Waals surface area contributed by atoms with Crippen molar-refractivity contribution in [2.24, 2.45) is 28.3 Å². The van der Waals surface area contributed by atoms with E-state index in [-0.39, 0.29) is 11.3 Å². The van der Waals surface area contributed by atoms with Crippen LogP contribution in [-0.4, -0.2) is 21.8 Å². The lowest BCUT2D eigenvalue weighted by Gasteiger charge is -2.56. The molecule has 4 bridgehead atoms. The minimum Gasteiger partial charge on any atom is -0.360 e. The van der Waals surface area contributed by atoms with Gasteiger partial charge in [0.25, 0.3) is 0 Å². The highest BCUT2D eigenvalue weighted by atomic mass is 16.5. The number of carbonyl (C=O) groups excluding carboxylic acids is 1. The van der Waals surface area contributed by atoms with Crippen LogP contribution in [0.4, 0.5) is 0 Å². The SMILES string of the molecule is Cc1cc(-n2c(C)cc(/C=N\NC(=O)CC34CC5CC(CC(C5)C3)C4)c2C)no1. The van der Waals surface area contributed by atoms with Gasteiger partial charge in [0.2, 0.25) is 5.91 Å². The van der Waals surface area contributed by atoms with Crippen LogP contribution < -0.4 is 5.43 Å². The molecule has 1 N–H and O–H groups in total. The molecule has 0 radical (unpaired) electrons. The van der Waals surface area contributed by atoms with E-state index >= 15 is 0 Å². The van der Waals surface area contributed by atoms with Gasteiger partial charge in [-0.3, -0.25) is 9.36 Å². The zero-order valence-electron chi connectivity index (χ0n) is 17.6. The summed E-state index contributed by atoms with van der Waals surface area (Å²) in [6.45, 7) is 5.93. The molecule has 2 aromatic heterocycles. The predicted octanol–water partition coefficient (Wildman–Crippen LogP) is 4.45. The predicted molar refractivity (Wildman–Crippen MR) is 111 cm³/mol. The molecule has 0 aliphatic heterocycles. The minimum atomic E-state index is 0.0594. The molecule has 0 saturated heterocycles. The summed E-state index contributed by atoms with van der Waals surface area (Å²) in [5, 5.41) is 8.38. The molecular weight excluding hydrogens is 364 g/mol. The van der Waals surface area contributed by atoms with Crippen LogP contribution in [0.25, 0.3) is 5.82 Å². The first-order valence-electron chi connectivity index (χ1n) is 10.9. The molecule has 0 unspecified atom stereocenters. The molecule has 1 amide bonds. The highest BCUT2D eigenvalue weighted by Gasteiger charge is 2.51. The van der Waals surface area contributed by atoms with Crippen molar-refractivity contribution in [3.05, 3.63) is 34.8 Å². The molecule has 4 fully saturated rings. The Morgan fingerprint density at radius 2 is 1.86 bits per heavy atom. The van der Waals surface area contributed by atoms with E-state index in [4.69, 9.17) is 4.52 Å². The van der Waals surface area contributed by atoms with Crippen molar-refractivity contribution in [2.75, 3.05) is 0 Å². The molecule has 6 heteroatoms. The van der Waals surface area contributed by atoms with Crippen molar-refractivity contribution < 1.29 is 9.32 Å². The fourth-order valence-electron chi connectivity index (χ4n) is 6.79. The van der Waals surface area contributed by atoms with Gasteiger partial charge in [0.15, 0.2) is 5.82 Å². The number of hydrogen-bond acceptors (Lipinski definition) is 4. The first-order valence-corrected chi connectivity index (χ1v) is 10.9. The summed E-state index contributed by atoms with van der Waals surface area (Å²) in [5.41, 5.74) is 6.08. The first-order chi connectivity index (χ1) is 13.9. The summed E-state index contributed by atoms with van der Waals surface area (Å²) in [6.07, 6.45) is 10.3.